The first kappa shape index (κ1) is 15.8. The van der Waals surface area contributed by atoms with Crippen LogP contribution in [0.15, 0.2) is 18.2 Å². The molecular formula is C14H18N4O4. The number of nitrogens with two attached hydrogens (primary N) is 2. The highest BCUT2D eigenvalue weighted by molar-refractivity contribution is 5.99. The molecule has 2 amide bonds. The normalized spacial score (nSPS) is 14.6. The number of rotatable bonds is 6. The van der Waals surface area contributed by atoms with Gasteiger partial charge in [-0.2, -0.15) is 0 Å². The number of primary amides is 1. The van der Waals surface area contributed by atoms with E-state index < -0.39 is 17.9 Å². The van der Waals surface area contributed by atoms with Crippen molar-refractivity contribution in [2.24, 2.45) is 5.73 Å². The lowest BCUT2D eigenvalue weighted by Gasteiger charge is -2.23. The van der Waals surface area contributed by atoms with E-state index >= 15 is 0 Å². The molecule has 22 heavy (non-hydrogen) atoms. The summed E-state index contributed by atoms with van der Waals surface area (Å²) in [5, 5.41) is 1.30. The smallest absolute Gasteiger partial charge is 0.324 e. The number of nitrogen functional groups attached to an aromatic ring is 1. The van der Waals surface area contributed by atoms with Gasteiger partial charge in [0.05, 0.1) is 13.7 Å². The first-order chi connectivity index (χ1) is 10.4. The Hall–Kier alpha value is -2.61. The van der Waals surface area contributed by atoms with E-state index in [9.17, 15) is 14.4 Å². The van der Waals surface area contributed by atoms with Gasteiger partial charge in [0.25, 0.3) is 5.91 Å². The average molecular weight is 306 g/mol. The molecule has 0 saturated carbocycles. The molecule has 0 saturated heterocycles. The monoisotopic (exact) mass is 306 g/mol. The van der Waals surface area contributed by atoms with Crippen molar-refractivity contribution >= 4 is 23.5 Å². The third-order valence-corrected chi connectivity index (χ3v) is 3.48. The van der Waals surface area contributed by atoms with Crippen LogP contribution in [0.4, 0.5) is 5.69 Å². The van der Waals surface area contributed by atoms with Crippen LogP contribution in [0.2, 0.25) is 0 Å². The van der Waals surface area contributed by atoms with Crippen molar-refractivity contribution in [3.8, 4) is 0 Å². The third kappa shape index (κ3) is 3.17. The second kappa shape index (κ2) is 6.44. The molecule has 1 aliphatic rings. The molecule has 1 aromatic carbocycles. The molecule has 0 aromatic heterocycles. The highest BCUT2D eigenvalue weighted by Crippen LogP contribution is 2.26. The van der Waals surface area contributed by atoms with Gasteiger partial charge in [0, 0.05) is 23.2 Å². The van der Waals surface area contributed by atoms with Crippen LogP contribution in [-0.2, 0) is 20.9 Å². The molecule has 0 spiro atoms. The van der Waals surface area contributed by atoms with Gasteiger partial charge in [0.15, 0.2) is 0 Å². The maximum absolute atomic E-state index is 12.3. The largest absolute Gasteiger partial charge is 0.468 e. The number of nitrogens with zero attached hydrogens (tertiary/aromatic N) is 1. The van der Waals surface area contributed by atoms with E-state index in [1.165, 1.54) is 12.1 Å². The van der Waals surface area contributed by atoms with Gasteiger partial charge in [-0.05, 0) is 18.6 Å². The van der Waals surface area contributed by atoms with E-state index in [0.29, 0.717) is 16.8 Å². The molecule has 0 unspecified atom stereocenters. The van der Waals surface area contributed by atoms with Gasteiger partial charge in [0.1, 0.15) is 6.04 Å². The fourth-order valence-corrected chi connectivity index (χ4v) is 2.31. The molecule has 1 aliphatic heterocycles. The zero-order chi connectivity index (χ0) is 16.3. The SMILES string of the molecule is COC(=O)[C@H](CCC(N)=O)NN1Cc2c(N)cccc2C1=O. The van der Waals surface area contributed by atoms with Crippen molar-refractivity contribution in [1.82, 2.24) is 10.4 Å². The maximum atomic E-state index is 12.3. The van der Waals surface area contributed by atoms with Crippen molar-refractivity contribution in [1.29, 1.82) is 0 Å². The van der Waals surface area contributed by atoms with Crippen LogP contribution < -0.4 is 16.9 Å². The molecule has 0 bridgehead atoms. The summed E-state index contributed by atoms with van der Waals surface area (Å²) in [5.41, 5.74) is 15.4. The van der Waals surface area contributed by atoms with Gasteiger partial charge in [0.2, 0.25) is 5.91 Å². The topological polar surface area (TPSA) is 128 Å². The molecule has 0 aliphatic carbocycles. The Labute approximate surface area is 127 Å². The Morgan fingerprint density at radius 3 is 2.77 bits per heavy atom. The van der Waals surface area contributed by atoms with Gasteiger partial charge in [-0.15, -0.1) is 0 Å². The number of hydrogen-bond acceptors (Lipinski definition) is 6. The van der Waals surface area contributed by atoms with Gasteiger partial charge >= 0.3 is 5.97 Å². The number of fused-ring (bicyclic) bond motifs is 1. The Balaban J connectivity index is 2.11. The Morgan fingerprint density at radius 1 is 1.45 bits per heavy atom. The van der Waals surface area contributed by atoms with Crippen molar-refractivity contribution < 1.29 is 19.1 Å². The van der Waals surface area contributed by atoms with Crippen LogP contribution in [0, 0.1) is 0 Å². The molecule has 8 heteroatoms. The first-order valence-corrected chi connectivity index (χ1v) is 6.75. The Kier molecular flexibility index (Phi) is 4.62. The minimum Gasteiger partial charge on any atom is -0.468 e. The van der Waals surface area contributed by atoms with Crippen LogP contribution in [0.3, 0.4) is 0 Å². The number of methoxy groups -OCH3 is 1. The number of esters is 1. The molecule has 1 heterocycles. The summed E-state index contributed by atoms with van der Waals surface area (Å²) in [7, 11) is 1.24. The van der Waals surface area contributed by atoms with Crippen molar-refractivity contribution in [3.63, 3.8) is 0 Å². The molecule has 5 N–H and O–H groups in total. The summed E-state index contributed by atoms with van der Waals surface area (Å²) < 4.78 is 4.67. The third-order valence-electron chi connectivity index (χ3n) is 3.48. The van der Waals surface area contributed by atoms with E-state index in [0.717, 1.165) is 0 Å². The van der Waals surface area contributed by atoms with Gasteiger partial charge < -0.3 is 16.2 Å². The first-order valence-electron chi connectivity index (χ1n) is 6.75. The zero-order valence-corrected chi connectivity index (χ0v) is 12.2. The summed E-state index contributed by atoms with van der Waals surface area (Å²) in [4.78, 5) is 34.9. The predicted molar refractivity (Wildman–Crippen MR) is 78.1 cm³/mol. The number of carbonyl (C=O) groups is 3. The lowest BCUT2D eigenvalue weighted by molar-refractivity contribution is -0.144. The van der Waals surface area contributed by atoms with Crippen molar-refractivity contribution in [2.45, 2.75) is 25.4 Å². The van der Waals surface area contributed by atoms with Crippen LogP contribution in [-0.4, -0.2) is 35.9 Å². The predicted octanol–water partition coefficient (Wildman–Crippen LogP) is -0.464. The summed E-state index contributed by atoms with van der Waals surface area (Å²) >= 11 is 0. The number of benzene rings is 1. The molecule has 1 atom stereocenters. The quantitative estimate of drug-likeness (QED) is 0.482. The zero-order valence-electron chi connectivity index (χ0n) is 12.2. The van der Waals surface area contributed by atoms with Gasteiger partial charge in [-0.1, -0.05) is 6.07 Å². The standard InChI is InChI=1S/C14H18N4O4/c1-22-14(21)11(5-6-12(16)19)17-18-7-9-8(13(18)20)3-2-4-10(9)15/h2-4,11,17H,5-7,15H2,1H3,(H2,16,19)/t11-/m0/s1. The van der Waals surface area contributed by atoms with Gasteiger partial charge in [-0.3, -0.25) is 19.4 Å². The summed E-state index contributed by atoms with van der Waals surface area (Å²) in [6.45, 7) is 0.241. The second-order valence-electron chi connectivity index (χ2n) is 4.97. The van der Waals surface area contributed by atoms with E-state index in [-0.39, 0.29) is 25.3 Å². The van der Waals surface area contributed by atoms with Crippen LogP contribution in [0.25, 0.3) is 0 Å². The van der Waals surface area contributed by atoms with E-state index in [4.69, 9.17) is 11.5 Å². The fourth-order valence-electron chi connectivity index (χ4n) is 2.31. The molecule has 8 nitrogen and oxygen atoms in total. The summed E-state index contributed by atoms with van der Waals surface area (Å²) in [6.07, 6.45) is 0.140. The van der Waals surface area contributed by atoms with Crippen LogP contribution in [0.1, 0.15) is 28.8 Å². The number of ether oxygens (including phenoxy) is 1. The van der Waals surface area contributed by atoms with E-state index in [1.54, 1.807) is 18.2 Å². The molecule has 0 radical (unpaired) electrons. The Morgan fingerprint density at radius 2 is 2.18 bits per heavy atom. The maximum Gasteiger partial charge on any atom is 0.324 e. The second-order valence-corrected chi connectivity index (χ2v) is 4.97. The fraction of sp³-hybridized carbons (Fsp3) is 0.357. The number of nitrogens with one attached hydrogen (secondary N) is 1. The molecule has 2 rings (SSSR count). The summed E-state index contributed by atoms with van der Waals surface area (Å²) in [5.74, 6) is -1.38. The lowest BCUT2D eigenvalue weighted by atomic mass is 10.1. The highest BCUT2D eigenvalue weighted by atomic mass is 16.5. The van der Waals surface area contributed by atoms with E-state index in [2.05, 4.69) is 10.2 Å². The number of amides is 2. The number of carbonyl (C=O) groups excluding carboxylic acids is 3. The van der Waals surface area contributed by atoms with Crippen molar-refractivity contribution in [2.75, 3.05) is 12.8 Å². The number of anilines is 1. The Bertz CT molecular complexity index is 617. The van der Waals surface area contributed by atoms with Gasteiger partial charge in [-0.25, -0.2) is 5.43 Å². The highest BCUT2D eigenvalue weighted by Gasteiger charge is 2.32. The van der Waals surface area contributed by atoms with Crippen LogP contribution in [0.5, 0.6) is 0 Å². The van der Waals surface area contributed by atoms with Crippen molar-refractivity contribution in [3.05, 3.63) is 29.3 Å². The lowest BCUT2D eigenvalue weighted by Crippen LogP contribution is -2.49. The minimum atomic E-state index is -0.836. The minimum absolute atomic E-state index is 0.00385. The molecular weight excluding hydrogens is 288 g/mol. The molecule has 1 aromatic rings. The van der Waals surface area contributed by atoms with Crippen LogP contribution >= 0.6 is 0 Å². The average Bonchev–Trinajstić information content (AvgIpc) is 2.81. The molecule has 118 valence electrons. The number of hydrazine groups is 1. The molecule has 0 fully saturated rings. The van der Waals surface area contributed by atoms with E-state index in [1.807, 2.05) is 0 Å². The number of hydrogen-bond donors (Lipinski definition) is 3. The summed E-state index contributed by atoms with van der Waals surface area (Å²) in [6, 6.07) is 4.24.